The number of likely N-dealkylation sites (tertiary alicyclic amines) is 2. The van der Waals surface area contributed by atoms with Gasteiger partial charge in [0.15, 0.2) is 0 Å². The largest absolute Gasteiger partial charge is 0.492 e. The molecule has 2 unspecified atom stereocenters. The Morgan fingerprint density at radius 3 is 2.20 bits per heavy atom. The Labute approximate surface area is 494 Å². The molecule has 26 heteroatoms. The number of nitrogens with two attached hydrogens (primary N) is 1. The number of hydrogen-bond acceptors (Lipinski definition) is 16. The molecule has 2 fully saturated rings. The topological polar surface area (TPSA) is 303 Å². The van der Waals surface area contributed by atoms with E-state index in [0.29, 0.717) is 59.2 Å². The van der Waals surface area contributed by atoms with E-state index in [1.807, 2.05) is 0 Å². The van der Waals surface area contributed by atoms with Gasteiger partial charge in [-0.1, -0.05) is 38.5 Å². The number of ether oxygens (including phenoxy) is 2. The fourth-order valence-corrected chi connectivity index (χ4v) is 9.75. The molecule has 3 heterocycles. The van der Waals surface area contributed by atoms with Crippen LogP contribution in [0.2, 0.25) is 0 Å². The second-order valence-corrected chi connectivity index (χ2v) is 22.0. The number of aryl methyl sites for hydroxylation is 1. The maximum atomic E-state index is 14.5. The Balaban J connectivity index is 0.00000337. The van der Waals surface area contributed by atoms with E-state index < -0.39 is 76.4 Å². The number of likely N-dealkylation sites (N-methyl/N-ethyl adjacent to an activating group) is 2. The van der Waals surface area contributed by atoms with E-state index in [0.717, 1.165) is 19.6 Å². The van der Waals surface area contributed by atoms with Crippen molar-refractivity contribution >= 4 is 74.6 Å². The molecule has 80 heavy (non-hydrogen) atoms. The normalized spacial score (nSPS) is 14.6. The standard InChI is InChI=1S/C51H69N13O11S.C3H8.Y/c1-34-31-54-48(57-45(34)56-37-11-9-12-40(29-37)76(72,73)59-51(2,3)4)64(38-18-20-39(21-19-38)74-28-27-62-22-7-8-23-62)49(69)60(5)25-26-61(6)50(70)75-33-35-14-16-36(17-15-35)55-44(66)32-53-46(67)42-13-10-24-63(42)47(68)41(58-71)30-43(52)65;1-3-2;/h9,11-12,14-21,29,31,41-42,58-59,71H,7-8,10,13,22-28,30,32-33H2,1-6H3,(H2,52,65)(H,53,67)(H,55,66)(H,54,56,57);3H2,1-2H3;. The minimum Gasteiger partial charge on any atom is -0.492 e. The maximum Gasteiger partial charge on any atom is 0.409 e. The van der Waals surface area contributed by atoms with E-state index in [1.165, 1.54) is 58.0 Å². The fraction of sp³-hybridized carbons (Fsp3) is 0.481. The molecule has 2 aliphatic heterocycles. The van der Waals surface area contributed by atoms with Gasteiger partial charge in [0, 0.05) is 102 Å². The average Bonchev–Trinajstić information content (AvgIpc) is 4.21. The van der Waals surface area contributed by atoms with Gasteiger partial charge in [0.05, 0.1) is 23.5 Å². The zero-order valence-corrected chi connectivity index (χ0v) is 50.6. The van der Waals surface area contributed by atoms with E-state index >= 15 is 0 Å². The number of carbonyl (C=O) groups is 6. The summed E-state index contributed by atoms with van der Waals surface area (Å²) in [4.78, 5) is 94.5. The molecule has 0 saturated carbocycles. The van der Waals surface area contributed by atoms with Crippen molar-refractivity contribution in [2.24, 2.45) is 5.73 Å². The van der Waals surface area contributed by atoms with Gasteiger partial charge in [-0.2, -0.15) is 10.5 Å². The number of primary amides is 1. The van der Waals surface area contributed by atoms with Crippen LogP contribution in [0.4, 0.5) is 38.4 Å². The molecule has 1 aromatic heterocycles. The number of benzene rings is 3. The van der Waals surface area contributed by atoms with Gasteiger partial charge in [0.2, 0.25) is 39.6 Å². The Morgan fingerprint density at radius 2 is 1.56 bits per heavy atom. The summed E-state index contributed by atoms with van der Waals surface area (Å²) in [7, 11) is -0.734. The van der Waals surface area contributed by atoms with Crippen LogP contribution in [0.5, 0.6) is 5.75 Å². The third-order valence-corrected chi connectivity index (χ3v) is 14.1. The Hall–Kier alpha value is -6.35. The molecule has 4 aromatic rings. The van der Waals surface area contributed by atoms with Crippen LogP contribution in [0.1, 0.15) is 84.3 Å². The molecule has 8 N–H and O–H groups in total. The summed E-state index contributed by atoms with van der Waals surface area (Å²) in [6.07, 6.45) is 4.88. The predicted molar refractivity (Wildman–Crippen MR) is 298 cm³/mol. The molecule has 24 nitrogen and oxygen atoms in total. The number of hydrogen-bond donors (Lipinski definition) is 7. The summed E-state index contributed by atoms with van der Waals surface area (Å²) in [6, 6.07) is 17.1. The van der Waals surface area contributed by atoms with Gasteiger partial charge in [-0.05, 0) is 127 Å². The molecule has 1 radical (unpaired) electrons. The molecule has 0 bridgehead atoms. The van der Waals surface area contributed by atoms with Crippen molar-refractivity contribution in [2.75, 3.05) is 82.0 Å². The zero-order valence-electron chi connectivity index (χ0n) is 47.0. The first kappa shape index (κ1) is 66.2. The first-order valence-electron chi connectivity index (χ1n) is 26.3. The fourth-order valence-electron chi connectivity index (χ4n) is 8.29. The Kier molecular flexibility index (Phi) is 26.1. The molecular weight excluding hydrogens is 1130 g/mol. The van der Waals surface area contributed by atoms with Crippen molar-refractivity contribution in [3.05, 3.63) is 90.1 Å². The van der Waals surface area contributed by atoms with Crippen LogP contribution < -0.4 is 41.5 Å². The van der Waals surface area contributed by atoms with Crippen molar-refractivity contribution in [3.8, 4) is 5.75 Å². The number of sulfonamides is 1. The van der Waals surface area contributed by atoms with Crippen molar-refractivity contribution in [2.45, 2.75) is 109 Å². The first-order chi connectivity index (χ1) is 37.5. The number of carbonyl (C=O) groups excluding carboxylic acids is 6. The summed E-state index contributed by atoms with van der Waals surface area (Å²) in [5, 5.41) is 17.8. The third kappa shape index (κ3) is 20.3. The summed E-state index contributed by atoms with van der Waals surface area (Å²) in [5.41, 5.74) is 8.74. The minimum atomic E-state index is -3.85. The maximum absolute atomic E-state index is 14.5. The van der Waals surface area contributed by atoms with Gasteiger partial charge in [-0.25, -0.2) is 32.6 Å². The molecule has 0 spiro atoms. The molecule has 6 rings (SSSR count). The van der Waals surface area contributed by atoms with E-state index in [1.54, 1.807) is 107 Å². The average molecular weight is 1210 g/mol. The molecule has 2 aliphatic rings. The molecule has 2 atom stereocenters. The minimum absolute atomic E-state index is 0. The number of urea groups is 1. The Bertz CT molecular complexity index is 2820. The van der Waals surface area contributed by atoms with Crippen LogP contribution in [0.3, 0.4) is 0 Å². The quantitative estimate of drug-likeness (QED) is 0.0468. The second-order valence-electron chi connectivity index (χ2n) is 20.3. The van der Waals surface area contributed by atoms with Gasteiger partial charge >= 0.3 is 12.1 Å². The number of anilines is 5. The van der Waals surface area contributed by atoms with E-state index in [2.05, 4.69) is 44.4 Å². The molecule has 433 valence electrons. The molecule has 3 aromatic carbocycles. The molecule has 2 saturated heterocycles. The molecular formula is C54H77N13O11SY. The van der Waals surface area contributed by atoms with Crippen LogP contribution in [0, 0.1) is 6.92 Å². The van der Waals surface area contributed by atoms with Crippen LogP contribution >= 0.6 is 0 Å². The third-order valence-electron chi connectivity index (χ3n) is 12.3. The van der Waals surface area contributed by atoms with Crippen molar-refractivity contribution in [1.29, 1.82) is 0 Å². The zero-order chi connectivity index (χ0) is 57.9. The van der Waals surface area contributed by atoms with Gasteiger partial charge in [-0.15, -0.1) is 0 Å². The summed E-state index contributed by atoms with van der Waals surface area (Å²) < 4.78 is 40.6. The van der Waals surface area contributed by atoms with Crippen LogP contribution in [0.15, 0.2) is 83.9 Å². The number of nitrogens with zero attached hydrogens (tertiary/aromatic N) is 7. The summed E-state index contributed by atoms with van der Waals surface area (Å²) in [6.45, 7) is 14.6. The van der Waals surface area contributed by atoms with Crippen molar-refractivity contribution in [1.82, 2.24) is 45.1 Å². The van der Waals surface area contributed by atoms with Gasteiger partial charge < -0.3 is 51.1 Å². The van der Waals surface area contributed by atoms with Crippen LogP contribution in [-0.2, 0) is 73.3 Å². The van der Waals surface area contributed by atoms with Crippen LogP contribution in [0.25, 0.3) is 0 Å². The SMILES string of the molecule is CCC.Cc1cnc(N(C(=O)N(C)CCN(C)C(=O)OCc2ccc(NC(=O)CNC(=O)C3CCCN3C(=O)C(CC(N)=O)NO)cc2)c2ccc(OCCN3CCCC3)cc2)nc1Nc1cccc(S(=O)(=O)NC(C)(C)C)c1.[Y]. The predicted octanol–water partition coefficient (Wildman–Crippen LogP) is 5.22. The van der Waals surface area contributed by atoms with Crippen LogP contribution in [-0.4, -0.2) is 163 Å². The number of nitrogens with one attached hydrogen (secondary N) is 5. The first-order valence-corrected chi connectivity index (χ1v) is 27.8. The van der Waals surface area contributed by atoms with Crippen molar-refractivity contribution in [3.63, 3.8) is 0 Å². The number of hydroxylamine groups is 1. The number of amides is 7. The number of rotatable bonds is 23. The van der Waals surface area contributed by atoms with Gasteiger partial charge in [0.1, 0.15) is 36.9 Å². The smallest absolute Gasteiger partial charge is 0.409 e. The van der Waals surface area contributed by atoms with E-state index in [4.69, 9.17) is 20.2 Å². The second kappa shape index (κ2) is 31.6. The molecule has 0 aliphatic carbocycles. The monoisotopic (exact) mass is 1200 g/mol. The summed E-state index contributed by atoms with van der Waals surface area (Å²) >= 11 is 0. The molecule has 7 amide bonds. The van der Waals surface area contributed by atoms with E-state index in [9.17, 15) is 42.4 Å². The Morgan fingerprint density at radius 1 is 0.900 bits per heavy atom. The van der Waals surface area contributed by atoms with Crippen molar-refractivity contribution < 1.29 is 84.6 Å². The van der Waals surface area contributed by atoms with E-state index in [-0.39, 0.29) is 69.8 Å². The number of aromatic nitrogens is 2. The van der Waals surface area contributed by atoms with Gasteiger partial charge in [0.25, 0.3) is 0 Å². The summed E-state index contributed by atoms with van der Waals surface area (Å²) in [5.74, 6) is -1.61. The van der Waals surface area contributed by atoms with Gasteiger partial charge in [-0.3, -0.25) is 24.1 Å².